The van der Waals surface area contributed by atoms with Crippen molar-refractivity contribution in [2.75, 3.05) is 20.8 Å². The SMILES string of the molecule is COC(=O)C(CC1S[C@@H]2C(NC(=O)COc3ccccc3)C(=O)N2C(C(=O)OCc2ccc([N+](=O)[O-])cc2)=C1C)C(=O)OC. The second-order valence-corrected chi connectivity index (χ2v) is 11.1. The van der Waals surface area contributed by atoms with Gasteiger partial charge in [-0.3, -0.25) is 34.2 Å². The molecule has 44 heavy (non-hydrogen) atoms. The van der Waals surface area contributed by atoms with E-state index in [9.17, 15) is 34.1 Å². The Morgan fingerprint density at radius 3 is 2.25 bits per heavy atom. The summed E-state index contributed by atoms with van der Waals surface area (Å²) in [6, 6.07) is 13.0. The normalized spacial score (nSPS) is 19.0. The zero-order valence-corrected chi connectivity index (χ0v) is 24.7. The van der Waals surface area contributed by atoms with Crippen LogP contribution in [0.1, 0.15) is 18.9 Å². The fraction of sp³-hybridized carbons (Fsp3) is 0.345. The summed E-state index contributed by atoms with van der Waals surface area (Å²) in [6.07, 6.45) is -0.120. The van der Waals surface area contributed by atoms with Gasteiger partial charge in [0.25, 0.3) is 17.5 Å². The lowest BCUT2D eigenvalue weighted by Crippen LogP contribution is -2.71. The van der Waals surface area contributed by atoms with Crippen LogP contribution in [0.4, 0.5) is 5.69 Å². The van der Waals surface area contributed by atoms with E-state index in [1.165, 1.54) is 40.9 Å². The minimum absolute atomic E-state index is 0.0924. The second kappa shape index (κ2) is 14.0. The highest BCUT2D eigenvalue weighted by molar-refractivity contribution is 8.00. The van der Waals surface area contributed by atoms with Crippen molar-refractivity contribution < 1.29 is 47.8 Å². The summed E-state index contributed by atoms with van der Waals surface area (Å²) >= 11 is 1.19. The molecule has 15 heteroatoms. The topological polar surface area (TPSA) is 181 Å². The van der Waals surface area contributed by atoms with Crippen molar-refractivity contribution in [1.29, 1.82) is 0 Å². The number of esters is 3. The van der Waals surface area contributed by atoms with Gasteiger partial charge in [0.05, 0.1) is 19.1 Å². The Morgan fingerprint density at radius 1 is 1.02 bits per heavy atom. The zero-order chi connectivity index (χ0) is 32.0. The zero-order valence-electron chi connectivity index (χ0n) is 23.9. The molecule has 1 N–H and O–H groups in total. The number of ether oxygens (including phenoxy) is 4. The van der Waals surface area contributed by atoms with E-state index in [1.54, 1.807) is 37.3 Å². The highest BCUT2D eigenvalue weighted by Gasteiger charge is 2.56. The second-order valence-electron chi connectivity index (χ2n) is 9.74. The fourth-order valence-corrected chi connectivity index (χ4v) is 6.31. The fourth-order valence-electron chi connectivity index (χ4n) is 4.68. The number of rotatable bonds is 12. The number of β-lactam (4-membered cyclic amide) rings is 1. The van der Waals surface area contributed by atoms with Gasteiger partial charge in [-0.1, -0.05) is 18.2 Å². The number of nitrogens with one attached hydrogen (secondary N) is 1. The Hall–Kier alpha value is -4.92. The molecular weight excluding hydrogens is 598 g/mol. The van der Waals surface area contributed by atoms with Crippen molar-refractivity contribution in [2.24, 2.45) is 5.92 Å². The van der Waals surface area contributed by atoms with E-state index in [2.05, 4.69) is 5.32 Å². The maximum Gasteiger partial charge on any atom is 0.355 e. The van der Waals surface area contributed by atoms with Crippen LogP contribution in [0.3, 0.4) is 0 Å². The van der Waals surface area contributed by atoms with Crippen LogP contribution in [0.5, 0.6) is 5.75 Å². The quantitative estimate of drug-likeness (QED) is 0.0905. The molecule has 0 aliphatic carbocycles. The average molecular weight is 628 g/mol. The number of hydrogen-bond donors (Lipinski definition) is 1. The van der Waals surface area contributed by atoms with E-state index in [0.29, 0.717) is 16.9 Å². The molecule has 1 saturated heterocycles. The number of thioether (sulfide) groups is 1. The highest BCUT2D eigenvalue weighted by Crippen LogP contribution is 2.46. The number of fused-ring (bicyclic) bond motifs is 1. The van der Waals surface area contributed by atoms with Gasteiger partial charge in [0.15, 0.2) is 12.5 Å². The van der Waals surface area contributed by atoms with Gasteiger partial charge < -0.3 is 24.3 Å². The molecule has 0 spiro atoms. The summed E-state index contributed by atoms with van der Waals surface area (Å²) in [5, 5.41) is 12.1. The maximum absolute atomic E-state index is 13.4. The number of carbonyl (C=O) groups excluding carboxylic acids is 5. The predicted molar refractivity (Wildman–Crippen MR) is 154 cm³/mol. The summed E-state index contributed by atoms with van der Waals surface area (Å²) in [5.74, 6) is -4.51. The van der Waals surface area contributed by atoms with Gasteiger partial charge in [0.2, 0.25) is 0 Å². The number of benzene rings is 2. The molecule has 232 valence electrons. The van der Waals surface area contributed by atoms with E-state index < -0.39 is 57.2 Å². The van der Waals surface area contributed by atoms with Crippen LogP contribution in [-0.4, -0.2) is 77.0 Å². The molecule has 3 atom stereocenters. The molecule has 0 radical (unpaired) electrons. The largest absolute Gasteiger partial charge is 0.484 e. The Morgan fingerprint density at radius 2 is 1.66 bits per heavy atom. The third kappa shape index (κ3) is 6.99. The van der Waals surface area contributed by atoms with Gasteiger partial charge >= 0.3 is 17.9 Å². The molecule has 2 aromatic rings. The van der Waals surface area contributed by atoms with Crippen molar-refractivity contribution in [3.05, 3.63) is 81.5 Å². The van der Waals surface area contributed by atoms with Gasteiger partial charge in [-0.05, 0) is 48.7 Å². The molecule has 2 aliphatic heterocycles. The van der Waals surface area contributed by atoms with E-state index in [1.807, 2.05) is 0 Å². The molecule has 2 aromatic carbocycles. The van der Waals surface area contributed by atoms with Crippen molar-refractivity contribution >= 4 is 47.2 Å². The van der Waals surface area contributed by atoms with Crippen LogP contribution < -0.4 is 10.1 Å². The molecule has 0 saturated carbocycles. The molecule has 0 aromatic heterocycles. The number of nitro benzene ring substituents is 1. The summed E-state index contributed by atoms with van der Waals surface area (Å²) in [7, 11) is 2.26. The van der Waals surface area contributed by atoms with Gasteiger partial charge in [-0.2, -0.15) is 0 Å². The predicted octanol–water partition coefficient (Wildman–Crippen LogP) is 2.11. The third-order valence-electron chi connectivity index (χ3n) is 7.01. The summed E-state index contributed by atoms with van der Waals surface area (Å²) in [5.41, 5.74) is 0.608. The molecule has 0 bridgehead atoms. The lowest BCUT2D eigenvalue weighted by molar-refractivity contribution is -0.384. The molecule has 2 unspecified atom stereocenters. The summed E-state index contributed by atoms with van der Waals surface area (Å²) in [6.45, 7) is 0.970. The lowest BCUT2D eigenvalue weighted by Gasteiger charge is -2.51. The van der Waals surface area contributed by atoms with E-state index in [-0.39, 0.29) is 31.0 Å². The number of carbonyl (C=O) groups is 5. The number of amides is 2. The van der Waals surface area contributed by atoms with Crippen LogP contribution in [-0.2, 0) is 44.8 Å². The monoisotopic (exact) mass is 627 g/mol. The molecule has 2 amide bonds. The number of para-hydroxylation sites is 1. The van der Waals surface area contributed by atoms with Gasteiger partial charge in [-0.15, -0.1) is 11.8 Å². The van der Waals surface area contributed by atoms with Crippen LogP contribution in [0.15, 0.2) is 65.9 Å². The Balaban J connectivity index is 1.55. The van der Waals surface area contributed by atoms with E-state index in [4.69, 9.17) is 18.9 Å². The van der Waals surface area contributed by atoms with Gasteiger partial charge in [0, 0.05) is 17.4 Å². The average Bonchev–Trinajstić information content (AvgIpc) is 3.04. The third-order valence-corrected chi connectivity index (χ3v) is 8.64. The standard InChI is InChI=1S/C29H29N3O11S/c1-16-21(13-20(27(35)40-2)28(36)41-3)44-26-23(30-22(33)15-42-19-7-5-4-6-8-19)25(34)31(26)24(16)29(37)43-14-17-9-11-18(12-10-17)32(38)39/h4-12,20-21,23,26H,13-15H2,1-3H3,(H,30,33)/t21?,23?,26-/m1/s1. The molecule has 2 heterocycles. The van der Waals surface area contributed by atoms with Crippen LogP contribution in [0.2, 0.25) is 0 Å². The number of nitrogens with zero attached hydrogens (tertiary/aromatic N) is 2. The van der Waals surface area contributed by atoms with Gasteiger partial charge in [-0.25, -0.2) is 4.79 Å². The molecular formula is C29H29N3O11S. The highest BCUT2D eigenvalue weighted by atomic mass is 32.2. The number of hydrogen-bond acceptors (Lipinski definition) is 12. The van der Waals surface area contributed by atoms with Crippen LogP contribution in [0, 0.1) is 16.0 Å². The first-order valence-corrected chi connectivity index (χ1v) is 14.2. The van der Waals surface area contributed by atoms with Crippen molar-refractivity contribution in [3.8, 4) is 5.75 Å². The van der Waals surface area contributed by atoms with Crippen molar-refractivity contribution in [2.45, 2.75) is 36.6 Å². The smallest absolute Gasteiger partial charge is 0.355 e. The minimum atomic E-state index is -1.32. The van der Waals surface area contributed by atoms with Gasteiger partial charge in [0.1, 0.15) is 29.5 Å². The maximum atomic E-state index is 13.4. The molecule has 1 fully saturated rings. The van der Waals surface area contributed by atoms with E-state index >= 15 is 0 Å². The molecule has 4 rings (SSSR count). The van der Waals surface area contributed by atoms with Crippen LogP contribution in [0.25, 0.3) is 0 Å². The number of methoxy groups -OCH3 is 2. The summed E-state index contributed by atoms with van der Waals surface area (Å²) in [4.78, 5) is 75.8. The number of non-ortho nitro benzene ring substituents is 1. The van der Waals surface area contributed by atoms with Crippen molar-refractivity contribution in [1.82, 2.24) is 10.2 Å². The van der Waals surface area contributed by atoms with Crippen LogP contribution >= 0.6 is 11.8 Å². The lowest BCUT2D eigenvalue weighted by atomic mass is 9.95. The Labute approximate surface area is 255 Å². The first kappa shape index (κ1) is 32.0. The number of nitro groups is 1. The van der Waals surface area contributed by atoms with E-state index in [0.717, 1.165) is 14.2 Å². The Kier molecular flexibility index (Phi) is 10.2. The first-order chi connectivity index (χ1) is 21.0. The Bertz CT molecular complexity index is 1460. The molecule has 2 aliphatic rings. The first-order valence-electron chi connectivity index (χ1n) is 13.3. The minimum Gasteiger partial charge on any atom is -0.484 e. The van der Waals surface area contributed by atoms with Crippen molar-refractivity contribution in [3.63, 3.8) is 0 Å². The summed E-state index contributed by atoms with van der Waals surface area (Å²) < 4.78 is 20.5. The molecule has 14 nitrogen and oxygen atoms in total.